The van der Waals surface area contributed by atoms with Crippen LogP contribution >= 0.6 is 11.6 Å². The molecule has 0 saturated carbocycles. The number of carbonyl (C=O) groups is 2. The van der Waals surface area contributed by atoms with E-state index in [9.17, 15) is 9.59 Å². The Morgan fingerprint density at radius 3 is 2.38 bits per heavy atom. The van der Waals surface area contributed by atoms with E-state index in [1.54, 1.807) is 23.9 Å². The highest BCUT2D eigenvalue weighted by molar-refractivity contribution is 6.29. The second-order valence-corrected chi connectivity index (χ2v) is 5.47. The monoisotopic (exact) mass is 311 g/mol. The van der Waals surface area contributed by atoms with E-state index in [0.29, 0.717) is 32.7 Å². The molecule has 1 saturated heterocycles. The Morgan fingerprint density at radius 2 is 1.86 bits per heavy atom. The molecule has 1 aromatic rings. The summed E-state index contributed by atoms with van der Waals surface area (Å²) in [4.78, 5) is 37.1. The van der Waals surface area contributed by atoms with Crippen LogP contribution in [0.4, 0.5) is 0 Å². The molecular weight excluding hydrogens is 294 g/mol. The number of aromatic nitrogens is 2. The molecule has 0 N–H and O–H groups in total. The maximum Gasteiger partial charge on any atom is 0.274 e. The number of rotatable bonds is 3. The normalized spacial score (nSPS) is 15.9. The topological polar surface area (TPSA) is 69.6 Å². The highest BCUT2D eigenvalue weighted by atomic mass is 35.5. The average Bonchev–Trinajstić information content (AvgIpc) is 2.48. The van der Waals surface area contributed by atoms with Crippen LogP contribution in [-0.4, -0.2) is 83.3 Å². The van der Waals surface area contributed by atoms with Crippen molar-refractivity contribution in [3.8, 4) is 0 Å². The SMILES string of the molecule is CN(C)C(=O)CN1CCN(C(=O)c2cnc(Cl)cn2)CC1. The third-order valence-corrected chi connectivity index (χ3v) is 3.55. The number of likely N-dealkylation sites (N-methyl/N-ethyl adjacent to an activating group) is 1. The number of halogens is 1. The van der Waals surface area contributed by atoms with Gasteiger partial charge in [0, 0.05) is 40.3 Å². The van der Waals surface area contributed by atoms with E-state index in [2.05, 4.69) is 9.97 Å². The first-order valence-electron chi connectivity index (χ1n) is 6.66. The van der Waals surface area contributed by atoms with Crippen LogP contribution in [0.15, 0.2) is 12.4 Å². The molecule has 0 spiro atoms. The van der Waals surface area contributed by atoms with Gasteiger partial charge in [-0.25, -0.2) is 9.97 Å². The summed E-state index contributed by atoms with van der Waals surface area (Å²) in [6, 6.07) is 0. The molecular formula is C13H18ClN5O2. The Labute approximate surface area is 128 Å². The van der Waals surface area contributed by atoms with Crippen LogP contribution in [0.5, 0.6) is 0 Å². The highest BCUT2D eigenvalue weighted by Gasteiger charge is 2.24. The maximum absolute atomic E-state index is 12.2. The summed E-state index contributed by atoms with van der Waals surface area (Å²) in [7, 11) is 3.47. The van der Waals surface area contributed by atoms with E-state index in [1.165, 1.54) is 12.4 Å². The molecule has 0 bridgehead atoms. The Kier molecular flexibility index (Phi) is 5.08. The molecule has 21 heavy (non-hydrogen) atoms. The average molecular weight is 312 g/mol. The third kappa shape index (κ3) is 4.12. The van der Waals surface area contributed by atoms with E-state index in [1.807, 2.05) is 4.90 Å². The fourth-order valence-corrected chi connectivity index (χ4v) is 2.12. The van der Waals surface area contributed by atoms with Crippen LogP contribution in [0.3, 0.4) is 0 Å². The van der Waals surface area contributed by atoms with Crippen LogP contribution in [0.25, 0.3) is 0 Å². The van der Waals surface area contributed by atoms with Crippen LogP contribution in [0.2, 0.25) is 5.15 Å². The van der Waals surface area contributed by atoms with Gasteiger partial charge in [0.25, 0.3) is 5.91 Å². The quantitative estimate of drug-likeness (QED) is 0.784. The first-order valence-corrected chi connectivity index (χ1v) is 7.04. The second-order valence-electron chi connectivity index (χ2n) is 5.08. The molecule has 7 nitrogen and oxygen atoms in total. The van der Waals surface area contributed by atoms with Gasteiger partial charge in [-0.15, -0.1) is 0 Å². The zero-order valence-corrected chi connectivity index (χ0v) is 12.9. The fraction of sp³-hybridized carbons (Fsp3) is 0.538. The number of carbonyl (C=O) groups excluding carboxylic acids is 2. The summed E-state index contributed by atoms with van der Waals surface area (Å²) in [5, 5.41) is 0.263. The van der Waals surface area contributed by atoms with Crippen LogP contribution in [-0.2, 0) is 4.79 Å². The summed E-state index contributed by atoms with van der Waals surface area (Å²) >= 11 is 5.65. The predicted octanol–water partition coefficient (Wildman–Crippen LogP) is -0.0240. The highest BCUT2D eigenvalue weighted by Crippen LogP contribution is 2.08. The van der Waals surface area contributed by atoms with E-state index >= 15 is 0 Å². The number of hydrogen-bond donors (Lipinski definition) is 0. The number of nitrogens with zero attached hydrogens (tertiary/aromatic N) is 5. The Bertz CT molecular complexity index is 512. The number of amides is 2. The summed E-state index contributed by atoms with van der Waals surface area (Å²) in [5.74, 6) is -0.0869. The van der Waals surface area contributed by atoms with Crippen molar-refractivity contribution >= 4 is 23.4 Å². The zero-order chi connectivity index (χ0) is 15.4. The minimum Gasteiger partial charge on any atom is -0.348 e. The van der Waals surface area contributed by atoms with Gasteiger partial charge < -0.3 is 9.80 Å². The molecule has 0 atom stereocenters. The molecule has 2 rings (SSSR count). The van der Waals surface area contributed by atoms with Crippen LogP contribution in [0, 0.1) is 0 Å². The van der Waals surface area contributed by atoms with Gasteiger partial charge in [-0.3, -0.25) is 14.5 Å². The Hall–Kier alpha value is -1.73. The van der Waals surface area contributed by atoms with Crippen molar-refractivity contribution in [3.63, 3.8) is 0 Å². The van der Waals surface area contributed by atoms with Crippen LogP contribution in [0.1, 0.15) is 10.5 Å². The van der Waals surface area contributed by atoms with Crippen molar-refractivity contribution in [1.29, 1.82) is 0 Å². The molecule has 0 aliphatic carbocycles. The molecule has 1 aromatic heterocycles. The van der Waals surface area contributed by atoms with Crippen molar-refractivity contribution in [2.24, 2.45) is 0 Å². The van der Waals surface area contributed by atoms with E-state index in [-0.39, 0.29) is 22.7 Å². The molecule has 0 radical (unpaired) electrons. The van der Waals surface area contributed by atoms with E-state index in [4.69, 9.17) is 11.6 Å². The minimum atomic E-state index is -0.155. The zero-order valence-electron chi connectivity index (χ0n) is 12.1. The lowest BCUT2D eigenvalue weighted by atomic mass is 10.2. The molecule has 0 unspecified atom stereocenters. The molecule has 2 amide bonds. The van der Waals surface area contributed by atoms with Gasteiger partial charge in [-0.05, 0) is 0 Å². The lowest BCUT2D eigenvalue weighted by Crippen LogP contribution is -2.51. The Balaban J connectivity index is 1.87. The van der Waals surface area contributed by atoms with Gasteiger partial charge in [-0.2, -0.15) is 0 Å². The molecule has 114 valence electrons. The third-order valence-electron chi connectivity index (χ3n) is 3.36. The minimum absolute atomic E-state index is 0.0679. The first-order chi connectivity index (χ1) is 9.97. The van der Waals surface area contributed by atoms with Crippen molar-refractivity contribution in [2.45, 2.75) is 0 Å². The fourth-order valence-electron chi connectivity index (χ4n) is 2.03. The maximum atomic E-state index is 12.2. The molecule has 1 fully saturated rings. The molecule has 1 aliphatic rings. The predicted molar refractivity (Wildman–Crippen MR) is 78.1 cm³/mol. The lowest BCUT2D eigenvalue weighted by molar-refractivity contribution is -0.130. The summed E-state index contributed by atoms with van der Waals surface area (Å²) < 4.78 is 0. The van der Waals surface area contributed by atoms with Gasteiger partial charge >= 0.3 is 0 Å². The lowest BCUT2D eigenvalue weighted by Gasteiger charge is -2.34. The van der Waals surface area contributed by atoms with Gasteiger partial charge in [0.1, 0.15) is 10.8 Å². The van der Waals surface area contributed by atoms with Crippen molar-refractivity contribution in [1.82, 2.24) is 24.7 Å². The molecule has 2 heterocycles. The Morgan fingerprint density at radius 1 is 1.19 bits per heavy atom. The summed E-state index contributed by atoms with van der Waals surface area (Å²) in [6.07, 6.45) is 2.74. The number of hydrogen-bond acceptors (Lipinski definition) is 5. The summed E-state index contributed by atoms with van der Waals surface area (Å²) in [5.41, 5.74) is 0.289. The molecule has 8 heteroatoms. The first kappa shape index (κ1) is 15.7. The van der Waals surface area contributed by atoms with Crippen molar-refractivity contribution in [2.75, 3.05) is 46.8 Å². The van der Waals surface area contributed by atoms with Gasteiger partial charge in [0.05, 0.1) is 18.9 Å². The summed E-state index contributed by atoms with van der Waals surface area (Å²) in [6.45, 7) is 2.88. The van der Waals surface area contributed by atoms with Crippen molar-refractivity contribution in [3.05, 3.63) is 23.2 Å². The smallest absolute Gasteiger partial charge is 0.274 e. The molecule has 1 aliphatic heterocycles. The van der Waals surface area contributed by atoms with Crippen LogP contribution < -0.4 is 0 Å². The standard InChI is InChI=1S/C13H18ClN5O2/c1-17(2)12(20)9-18-3-5-19(6-4-18)13(21)10-7-16-11(14)8-15-10/h7-8H,3-6,9H2,1-2H3. The van der Waals surface area contributed by atoms with Crippen molar-refractivity contribution < 1.29 is 9.59 Å². The van der Waals surface area contributed by atoms with E-state index < -0.39 is 0 Å². The molecule has 0 aromatic carbocycles. The van der Waals surface area contributed by atoms with Gasteiger partial charge in [0.2, 0.25) is 5.91 Å². The van der Waals surface area contributed by atoms with Gasteiger partial charge in [-0.1, -0.05) is 11.6 Å². The second kappa shape index (κ2) is 6.82. The number of piperazine rings is 1. The largest absolute Gasteiger partial charge is 0.348 e. The van der Waals surface area contributed by atoms with E-state index in [0.717, 1.165) is 0 Å². The van der Waals surface area contributed by atoms with Gasteiger partial charge in [0.15, 0.2) is 0 Å².